The molecular formula is C40H28N2. The molecule has 0 N–H and O–H groups in total. The molecule has 1 aromatic heterocycles. The highest BCUT2D eigenvalue weighted by molar-refractivity contribution is 6.24. The average Bonchev–Trinajstić information content (AvgIpc) is 3.41. The van der Waals surface area contributed by atoms with Gasteiger partial charge in [-0.05, 0) is 82.6 Å². The molecule has 0 bridgehead atoms. The van der Waals surface area contributed by atoms with Gasteiger partial charge in [-0.15, -0.1) is 0 Å². The fraction of sp³-hybridized carbons (Fsp3) is 0. The SMILES string of the molecule is c1ccc(-c2cccc3ccc4c(c5ccccc5n4-c4ccc(N(c5ccccc5)c5ccccc5)cc4)c23)cc1. The number of hydrogen-bond acceptors (Lipinski definition) is 1. The molecule has 0 fully saturated rings. The summed E-state index contributed by atoms with van der Waals surface area (Å²) in [5.41, 5.74) is 9.44. The van der Waals surface area contributed by atoms with Gasteiger partial charge in [0.2, 0.25) is 0 Å². The van der Waals surface area contributed by atoms with E-state index in [1.165, 1.54) is 43.7 Å². The number of fused-ring (bicyclic) bond motifs is 5. The summed E-state index contributed by atoms with van der Waals surface area (Å²) < 4.78 is 2.41. The Morgan fingerprint density at radius 3 is 1.67 bits per heavy atom. The van der Waals surface area contributed by atoms with Crippen molar-refractivity contribution in [3.05, 3.63) is 170 Å². The lowest BCUT2D eigenvalue weighted by atomic mass is 9.94. The van der Waals surface area contributed by atoms with Crippen molar-refractivity contribution in [3.8, 4) is 16.8 Å². The van der Waals surface area contributed by atoms with Crippen molar-refractivity contribution < 1.29 is 0 Å². The van der Waals surface area contributed by atoms with E-state index in [4.69, 9.17) is 0 Å². The fourth-order valence-corrected chi connectivity index (χ4v) is 6.33. The second kappa shape index (κ2) is 10.1. The predicted molar refractivity (Wildman–Crippen MR) is 178 cm³/mol. The molecule has 1 heterocycles. The highest BCUT2D eigenvalue weighted by Crippen LogP contribution is 2.41. The van der Waals surface area contributed by atoms with E-state index in [1.54, 1.807) is 0 Å². The third kappa shape index (κ3) is 3.96. The van der Waals surface area contributed by atoms with Crippen molar-refractivity contribution >= 4 is 49.6 Å². The zero-order valence-corrected chi connectivity index (χ0v) is 23.1. The summed E-state index contributed by atoms with van der Waals surface area (Å²) >= 11 is 0. The van der Waals surface area contributed by atoms with Crippen molar-refractivity contribution in [1.29, 1.82) is 0 Å². The normalized spacial score (nSPS) is 11.3. The van der Waals surface area contributed by atoms with Crippen LogP contribution in [0.2, 0.25) is 0 Å². The summed E-state index contributed by atoms with van der Waals surface area (Å²) in [6.45, 7) is 0. The summed E-state index contributed by atoms with van der Waals surface area (Å²) in [5, 5.41) is 5.11. The molecule has 0 aliphatic rings. The van der Waals surface area contributed by atoms with E-state index in [1.807, 2.05) is 0 Å². The van der Waals surface area contributed by atoms with Crippen LogP contribution < -0.4 is 4.90 Å². The van der Waals surface area contributed by atoms with Gasteiger partial charge in [0, 0.05) is 33.5 Å². The Hall–Kier alpha value is -5.60. The molecule has 2 heteroatoms. The van der Waals surface area contributed by atoms with Crippen molar-refractivity contribution in [2.75, 3.05) is 4.90 Å². The molecule has 0 aliphatic carbocycles. The van der Waals surface area contributed by atoms with E-state index in [2.05, 4.69) is 179 Å². The third-order valence-corrected chi connectivity index (χ3v) is 8.16. The first-order valence-electron chi connectivity index (χ1n) is 14.4. The smallest absolute Gasteiger partial charge is 0.0547 e. The second-order valence-corrected chi connectivity index (χ2v) is 10.6. The predicted octanol–water partition coefficient (Wildman–Crippen LogP) is 11.1. The number of aromatic nitrogens is 1. The van der Waals surface area contributed by atoms with E-state index in [0.717, 1.165) is 22.7 Å². The molecule has 0 unspecified atom stereocenters. The monoisotopic (exact) mass is 536 g/mol. The lowest BCUT2D eigenvalue weighted by Gasteiger charge is -2.25. The Kier molecular flexibility index (Phi) is 5.82. The minimum Gasteiger partial charge on any atom is -0.311 e. The van der Waals surface area contributed by atoms with Crippen LogP contribution in [-0.4, -0.2) is 4.57 Å². The minimum atomic E-state index is 1.12. The van der Waals surface area contributed by atoms with Crippen molar-refractivity contribution in [1.82, 2.24) is 4.57 Å². The number of nitrogens with zero attached hydrogens (tertiary/aromatic N) is 2. The maximum absolute atomic E-state index is 2.41. The maximum Gasteiger partial charge on any atom is 0.0547 e. The van der Waals surface area contributed by atoms with E-state index in [0.29, 0.717) is 0 Å². The van der Waals surface area contributed by atoms with Gasteiger partial charge in [-0.3, -0.25) is 0 Å². The summed E-state index contributed by atoms with van der Waals surface area (Å²) in [6, 6.07) is 60.7. The Balaban J connectivity index is 1.34. The van der Waals surface area contributed by atoms with Gasteiger partial charge in [-0.2, -0.15) is 0 Å². The largest absolute Gasteiger partial charge is 0.311 e. The topological polar surface area (TPSA) is 8.17 Å². The highest BCUT2D eigenvalue weighted by Gasteiger charge is 2.18. The highest BCUT2D eigenvalue weighted by atomic mass is 15.1. The van der Waals surface area contributed by atoms with E-state index >= 15 is 0 Å². The molecule has 8 aromatic rings. The molecule has 0 aliphatic heterocycles. The summed E-state index contributed by atoms with van der Waals surface area (Å²) in [4.78, 5) is 2.30. The van der Waals surface area contributed by atoms with Crippen LogP contribution in [0.4, 0.5) is 17.1 Å². The Morgan fingerprint density at radius 1 is 0.381 bits per heavy atom. The van der Waals surface area contributed by atoms with Crippen LogP contribution in [0.15, 0.2) is 170 Å². The van der Waals surface area contributed by atoms with Gasteiger partial charge < -0.3 is 9.47 Å². The molecule has 42 heavy (non-hydrogen) atoms. The first-order valence-corrected chi connectivity index (χ1v) is 14.4. The summed E-state index contributed by atoms with van der Waals surface area (Å²) in [7, 11) is 0. The van der Waals surface area contributed by atoms with Crippen LogP contribution in [0.1, 0.15) is 0 Å². The number of hydrogen-bond donors (Lipinski definition) is 0. The van der Waals surface area contributed by atoms with Crippen LogP contribution in [0, 0.1) is 0 Å². The molecule has 8 rings (SSSR count). The molecule has 198 valence electrons. The Morgan fingerprint density at radius 2 is 0.976 bits per heavy atom. The molecule has 7 aromatic carbocycles. The molecule has 0 atom stereocenters. The third-order valence-electron chi connectivity index (χ3n) is 8.16. The molecule has 0 saturated carbocycles. The minimum absolute atomic E-state index is 1.12. The molecule has 0 amide bonds. The van der Waals surface area contributed by atoms with Crippen LogP contribution in [0.3, 0.4) is 0 Å². The van der Waals surface area contributed by atoms with Crippen molar-refractivity contribution in [2.45, 2.75) is 0 Å². The number of benzene rings is 7. The summed E-state index contributed by atoms with van der Waals surface area (Å²) in [6.07, 6.45) is 0. The van der Waals surface area contributed by atoms with Crippen LogP contribution in [0.5, 0.6) is 0 Å². The number of anilines is 3. The lowest BCUT2D eigenvalue weighted by molar-refractivity contribution is 1.17. The number of rotatable bonds is 5. The van der Waals surface area contributed by atoms with E-state index < -0.39 is 0 Å². The zero-order chi connectivity index (χ0) is 27.9. The van der Waals surface area contributed by atoms with Gasteiger partial charge >= 0.3 is 0 Å². The summed E-state index contributed by atoms with van der Waals surface area (Å²) in [5.74, 6) is 0. The first kappa shape index (κ1) is 24.2. The van der Waals surface area contributed by atoms with Crippen molar-refractivity contribution in [3.63, 3.8) is 0 Å². The Bertz CT molecular complexity index is 2120. The fourth-order valence-electron chi connectivity index (χ4n) is 6.33. The Labute approximate surface area is 245 Å². The maximum atomic E-state index is 2.41. The van der Waals surface area contributed by atoms with Gasteiger partial charge in [-0.25, -0.2) is 0 Å². The zero-order valence-electron chi connectivity index (χ0n) is 23.1. The van der Waals surface area contributed by atoms with Crippen LogP contribution in [-0.2, 0) is 0 Å². The number of para-hydroxylation sites is 3. The van der Waals surface area contributed by atoms with E-state index in [-0.39, 0.29) is 0 Å². The van der Waals surface area contributed by atoms with Gasteiger partial charge in [0.05, 0.1) is 11.0 Å². The molecular weight excluding hydrogens is 508 g/mol. The van der Waals surface area contributed by atoms with Crippen molar-refractivity contribution in [2.24, 2.45) is 0 Å². The van der Waals surface area contributed by atoms with Gasteiger partial charge in [0.1, 0.15) is 0 Å². The van der Waals surface area contributed by atoms with Gasteiger partial charge in [0.15, 0.2) is 0 Å². The lowest BCUT2D eigenvalue weighted by Crippen LogP contribution is -2.09. The average molecular weight is 537 g/mol. The first-order chi connectivity index (χ1) is 20.9. The molecule has 2 nitrogen and oxygen atoms in total. The molecule has 0 saturated heterocycles. The molecule has 0 radical (unpaired) electrons. The van der Waals surface area contributed by atoms with E-state index in [9.17, 15) is 0 Å². The second-order valence-electron chi connectivity index (χ2n) is 10.6. The van der Waals surface area contributed by atoms with Gasteiger partial charge in [0.25, 0.3) is 0 Å². The van der Waals surface area contributed by atoms with Crippen LogP contribution >= 0.6 is 0 Å². The standard InChI is InChI=1S/C40H28N2/c1-4-13-29(14-5-1)35-21-12-15-30-23-28-38-40(39(30)35)36-20-10-11-22-37(36)42(38)34-26-24-33(25-27-34)41(31-16-6-2-7-17-31)32-18-8-3-9-19-32/h1-28H. The van der Waals surface area contributed by atoms with Crippen LogP contribution in [0.25, 0.3) is 49.4 Å². The van der Waals surface area contributed by atoms with Gasteiger partial charge in [-0.1, -0.05) is 109 Å². The molecule has 0 spiro atoms. The quantitative estimate of drug-likeness (QED) is 0.212.